The van der Waals surface area contributed by atoms with Crippen LogP contribution >= 0.6 is 0 Å². The van der Waals surface area contributed by atoms with Crippen LogP contribution in [-0.2, 0) is 19.1 Å². The molecule has 0 spiro atoms. The third-order valence-corrected chi connectivity index (χ3v) is 2.76. The summed E-state index contributed by atoms with van der Waals surface area (Å²) < 4.78 is 15.4. The molecule has 0 amide bonds. The van der Waals surface area contributed by atoms with Gasteiger partial charge in [-0.1, -0.05) is 24.3 Å². The van der Waals surface area contributed by atoms with Gasteiger partial charge in [0, 0.05) is 6.61 Å². The van der Waals surface area contributed by atoms with Crippen molar-refractivity contribution in [3.63, 3.8) is 0 Å². The molecule has 0 radical (unpaired) electrons. The minimum Gasteiger partial charge on any atom is -0.464 e. The minimum absolute atomic E-state index is 0.174. The summed E-state index contributed by atoms with van der Waals surface area (Å²) in [5.74, 6) is -1.14. The molecule has 0 aliphatic rings. The lowest BCUT2D eigenvalue weighted by Crippen LogP contribution is -2.38. The van der Waals surface area contributed by atoms with Gasteiger partial charge in [0.1, 0.15) is 5.75 Å². The van der Waals surface area contributed by atoms with Crippen molar-refractivity contribution in [3.8, 4) is 5.75 Å². The smallest absolute Gasteiger partial charge is 0.352 e. The van der Waals surface area contributed by atoms with E-state index in [0.29, 0.717) is 5.75 Å². The predicted octanol–water partition coefficient (Wildman–Crippen LogP) is 2.90. The number of unbranched alkanes of at least 4 members (excludes halogenated alkanes) is 2. The first-order chi connectivity index (χ1) is 10.7. The number of benzene rings is 1. The minimum atomic E-state index is -1.36. The third-order valence-electron chi connectivity index (χ3n) is 2.76. The lowest BCUT2D eigenvalue weighted by Gasteiger charge is -2.15. The van der Waals surface area contributed by atoms with Crippen LogP contribution in [0.15, 0.2) is 43.0 Å². The molecule has 1 aromatic carbocycles. The van der Waals surface area contributed by atoms with Crippen LogP contribution < -0.4 is 4.74 Å². The second-order valence-electron chi connectivity index (χ2n) is 4.52. The molecule has 0 bridgehead atoms. The number of carbonyl (C=O) groups excluding carboxylic acids is 2. The average Bonchev–Trinajstić information content (AvgIpc) is 2.52. The third kappa shape index (κ3) is 6.54. The molecule has 1 rings (SSSR count). The van der Waals surface area contributed by atoms with Crippen LogP contribution in [0.5, 0.6) is 5.75 Å². The Labute approximate surface area is 130 Å². The van der Waals surface area contributed by atoms with Crippen LogP contribution in [0.1, 0.15) is 26.2 Å². The Morgan fingerprint density at radius 3 is 2.55 bits per heavy atom. The molecule has 5 heteroatoms. The molecule has 0 saturated carbocycles. The number of carbonyl (C=O) groups is 2. The Hall–Kier alpha value is -2.14. The van der Waals surface area contributed by atoms with E-state index in [1.807, 2.05) is 6.08 Å². The number of hydrogen-bond donors (Lipinski definition) is 0. The molecule has 0 heterocycles. The maximum atomic E-state index is 12.1. The van der Waals surface area contributed by atoms with Gasteiger partial charge in [0.15, 0.2) is 0 Å². The molecule has 0 N–H and O–H groups in total. The molecule has 0 saturated heterocycles. The van der Waals surface area contributed by atoms with E-state index in [9.17, 15) is 9.59 Å². The maximum Gasteiger partial charge on any atom is 0.352 e. The molecule has 22 heavy (non-hydrogen) atoms. The van der Waals surface area contributed by atoms with Crippen molar-refractivity contribution in [1.29, 1.82) is 0 Å². The number of para-hydroxylation sites is 1. The van der Waals surface area contributed by atoms with Crippen LogP contribution in [0.25, 0.3) is 0 Å². The summed E-state index contributed by atoms with van der Waals surface area (Å²) in [6.07, 6.45) is 2.92. The summed E-state index contributed by atoms with van der Waals surface area (Å²) in [6, 6.07) is 8.53. The Kier molecular flexibility index (Phi) is 8.60. The maximum absolute atomic E-state index is 12.1. The normalized spacial score (nSPS) is 11.5. The molecule has 120 valence electrons. The van der Waals surface area contributed by atoms with E-state index in [1.54, 1.807) is 37.3 Å². The summed E-state index contributed by atoms with van der Waals surface area (Å²) in [5, 5.41) is 0. The predicted molar refractivity (Wildman–Crippen MR) is 82.5 cm³/mol. The van der Waals surface area contributed by atoms with Gasteiger partial charge in [0.2, 0.25) is 0 Å². The lowest BCUT2D eigenvalue weighted by molar-refractivity contribution is -0.168. The number of esters is 2. The largest absolute Gasteiger partial charge is 0.464 e. The topological polar surface area (TPSA) is 61.8 Å². The summed E-state index contributed by atoms with van der Waals surface area (Å²) >= 11 is 0. The van der Waals surface area contributed by atoms with Crippen molar-refractivity contribution < 1.29 is 23.8 Å². The zero-order chi connectivity index (χ0) is 16.2. The number of ether oxygens (including phenoxy) is 3. The van der Waals surface area contributed by atoms with Gasteiger partial charge in [0.25, 0.3) is 6.10 Å². The van der Waals surface area contributed by atoms with Gasteiger partial charge in [0.05, 0.1) is 6.61 Å². The van der Waals surface area contributed by atoms with Crippen molar-refractivity contribution in [2.75, 3.05) is 13.2 Å². The first-order valence-electron chi connectivity index (χ1n) is 7.35. The zero-order valence-electron chi connectivity index (χ0n) is 12.8. The number of hydrogen-bond acceptors (Lipinski definition) is 5. The second-order valence-corrected chi connectivity index (χ2v) is 4.52. The van der Waals surface area contributed by atoms with Crippen molar-refractivity contribution in [2.45, 2.75) is 32.3 Å². The van der Waals surface area contributed by atoms with E-state index in [1.165, 1.54) is 0 Å². The first kappa shape index (κ1) is 17.9. The number of rotatable bonds is 10. The van der Waals surface area contributed by atoms with Crippen molar-refractivity contribution in [2.24, 2.45) is 0 Å². The lowest BCUT2D eigenvalue weighted by atomic mass is 10.2. The van der Waals surface area contributed by atoms with Crippen LogP contribution in [0, 0.1) is 0 Å². The van der Waals surface area contributed by atoms with Gasteiger partial charge >= 0.3 is 11.9 Å². The van der Waals surface area contributed by atoms with Crippen LogP contribution in [0.3, 0.4) is 0 Å². The summed E-state index contributed by atoms with van der Waals surface area (Å²) in [5.41, 5.74) is 0. The number of allylic oxidation sites excluding steroid dienone is 1. The van der Waals surface area contributed by atoms with E-state index in [4.69, 9.17) is 14.2 Å². The van der Waals surface area contributed by atoms with Gasteiger partial charge < -0.3 is 14.2 Å². The van der Waals surface area contributed by atoms with Crippen molar-refractivity contribution in [3.05, 3.63) is 43.0 Å². The highest BCUT2D eigenvalue weighted by Crippen LogP contribution is 2.11. The van der Waals surface area contributed by atoms with E-state index in [0.717, 1.165) is 19.3 Å². The van der Waals surface area contributed by atoms with Crippen LogP contribution in [0.4, 0.5) is 0 Å². The quantitative estimate of drug-likeness (QED) is 0.219. The standard InChI is InChI=1S/C17H22O5/c1-3-5-6-10-13-21-15(16(18)20-4-2)17(19)22-14-11-8-7-9-12-14/h3,7-9,11-12,15H,1,4-6,10,13H2,2H3. The van der Waals surface area contributed by atoms with Gasteiger partial charge in [-0.2, -0.15) is 0 Å². The fourth-order valence-corrected chi connectivity index (χ4v) is 1.70. The SMILES string of the molecule is C=CCCCCOC(C(=O)OCC)C(=O)Oc1ccccc1. The highest BCUT2D eigenvalue weighted by Gasteiger charge is 2.31. The van der Waals surface area contributed by atoms with Crippen molar-refractivity contribution >= 4 is 11.9 Å². The van der Waals surface area contributed by atoms with Gasteiger partial charge in [-0.25, -0.2) is 9.59 Å². The highest BCUT2D eigenvalue weighted by atomic mass is 16.6. The molecular formula is C17H22O5. The zero-order valence-corrected chi connectivity index (χ0v) is 12.8. The van der Waals surface area contributed by atoms with Gasteiger partial charge in [-0.05, 0) is 38.3 Å². The van der Waals surface area contributed by atoms with E-state index >= 15 is 0 Å². The Bertz CT molecular complexity index is 469. The monoisotopic (exact) mass is 306 g/mol. The molecule has 0 aliphatic carbocycles. The molecule has 1 atom stereocenters. The van der Waals surface area contributed by atoms with Crippen molar-refractivity contribution in [1.82, 2.24) is 0 Å². The Morgan fingerprint density at radius 1 is 1.18 bits per heavy atom. The molecule has 0 fully saturated rings. The Balaban J connectivity index is 2.57. The molecule has 1 unspecified atom stereocenters. The Morgan fingerprint density at radius 2 is 1.91 bits per heavy atom. The van der Waals surface area contributed by atoms with E-state index in [2.05, 4.69) is 6.58 Å². The summed E-state index contributed by atoms with van der Waals surface area (Å²) in [7, 11) is 0. The highest BCUT2D eigenvalue weighted by molar-refractivity contribution is 5.98. The summed E-state index contributed by atoms with van der Waals surface area (Å²) in [4.78, 5) is 23.9. The average molecular weight is 306 g/mol. The van der Waals surface area contributed by atoms with E-state index < -0.39 is 18.0 Å². The molecule has 1 aromatic rings. The molecule has 5 nitrogen and oxygen atoms in total. The molecular weight excluding hydrogens is 284 g/mol. The first-order valence-corrected chi connectivity index (χ1v) is 7.35. The van der Waals surface area contributed by atoms with Gasteiger partial charge in [-0.3, -0.25) is 0 Å². The fourth-order valence-electron chi connectivity index (χ4n) is 1.70. The van der Waals surface area contributed by atoms with Gasteiger partial charge in [-0.15, -0.1) is 6.58 Å². The molecule has 0 aromatic heterocycles. The second kappa shape index (κ2) is 10.6. The van der Waals surface area contributed by atoms with E-state index in [-0.39, 0.29) is 13.2 Å². The van der Waals surface area contributed by atoms with Crippen LogP contribution in [0.2, 0.25) is 0 Å². The van der Waals surface area contributed by atoms with Crippen LogP contribution in [-0.4, -0.2) is 31.3 Å². The molecule has 0 aliphatic heterocycles. The summed E-state index contributed by atoms with van der Waals surface area (Å²) in [6.45, 7) is 5.75. The fraction of sp³-hybridized carbons (Fsp3) is 0.412.